The van der Waals surface area contributed by atoms with Gasteiger partial charge in [0.2, 0.25) is 0 Å². The Hall–Kier alpha value is -0.860. The molecule has 0 spiro atoms. The zero-order chi connectivity index (χ0) is 14.2. The summed E-state index contributed by atoms with van der Waals surface area (Å²) in [6.07, 6.45) is 17.9. The minimum absolute atomic E-state index is 0.272. The fraction of sp³-hybridized carbons (Fsp3) is 0.667. The molecule has 20 heavy (non-hydrogen) atoms. The molecule has 0 aromatic rings. The van der Waals surface area contributed by atoms with E-state index in [0.717, 1.165) is 12.8 Å². The second-order valence-electron chi connectivity index (χ2n) is 5.90. The monoisotopic (exact) mass is 276 g/mol. The zero-order valence-corrected chi connectivity index (χ0v) is 12.7. The van der Waals surface area contributed by atoms with Gasteiger partial charge >= 0.3 is 0 Å². The molecule has 0 amide bonds. The van der Waals surface area contributed by atoms with Gasteiger partial charge < -0.3 is 9.47 Å². The molecule has 1 fully saturated rings. The Bertz CT molecular complexity index is 356. The summed E-state index contributed by atoms with van der Waals surface area (Å²) in [6, 6.07) is 0. The van der Waals surface area contributed by atoms with Gasteiger partial charge in [0.05, 0.1) is 18.8 Å². The fourth-order valence-corrected chi connectivity index (χ4v) is 3.31. The van der Waals surface area contributed by atoms with Crippen molar-refractivity contribution in [2.45, 2.75) is 57.2 Å². The smallest absolute Gasteiger partial charge is 0.0792 e. The highest BCUT2D eigenvalue weighted by Crippen LogP contribution is 2.32. The van der Waals surface area contributed by atoms with Gasteiger partial charge in [-0.2, -0.15) is 0 Å². The third-order valence-electron chi connectivity index (χ3n) is 4.47. The third kappa shape index (κ3) is 4.60. The van der Waals surface area contributed by atoms with Crippen molar-refractivity contribution in [3.05, 3.63) is 36.5 Å². The van der Waals surface area contributed by atoms with E-state index in [1.165, 1.54) is 37.7 Å². The molecule has 3 unspecified atom stereocenters. The summed E-state index contributed by atoms with van der Waals surface area (Å²) in [4.78, 5) is 0. The van der Waals surface area contributed by atoms with E-state index in [2.05, 4.69) is 24.8 Å². The number of rotatable bonds is 7. The molecular weight excluding hydrogens is 248 g/mol. The lowest BCUT2D eigenvalue weighted by molar-refractivity contribution is 0.00113. The first-order chi connectivity index (χ1) is 9.83. The Morgan fingerprint density at radius 1 is 1.35 bits per heavy atom. The van der Waals surface area contributed by atoms with Crippen LogP contribution in [0.1, 0.15) is 44.9 Å². The molecule has 0 saturated heterocycles. The quantitative estimate of drug-likeness (QED) is 0.640. The number of methoxy groups -OCH3 is 1. The van der Waals surface area contributed by atoms with E-state index in [4.69, 9.17) is 9.47 Å². The van der Waals surface area contributed by atoms with Crippen LogP contribution in [0.4, 0.5) is 0 Å². The van der Waals surface area contributed by atoms with Crippen LogP contribution in [-0.2, 0) is 9.47 Å². The highest BCUT2D eigenvalue weighted by atomic mass is 16.5. The van der Waals surface area contributed by atoms with Crippen LogP contribution in [0.3, 0.4) is 0 Å². The maximum atomic E-state index is 5.95. The van der Waals surface area contributed by atoms with Crippen molar-refractivity contribution in [1.82, 2.24) is 0 Å². The zero-order valence-electron chi connectivity index (χ0n) is 12.7. The van der Waals surface area contributed by atoms with Crippen LogP contribution in [0.25, 0.3) is 0 Å². The highest BCUT2D eigenvalue weighted by molar-refractivity contribution is 5.24. The van der Waals surface area contributed by atoms with Gasteiger partial charge in [-0.1, -0.05) is 37.1 Å². The van der Waals surface area contributed by atoms with E-state index < -0.39 is 0 Å². The molecule has 2 rings (SSSR count). The molecule has 2 nitrogen and oxygen atoms in total. The predicted octanol–water partition coefficient (Wildman–Crippen LogP) is 4.43. The molecule has 0 aromatic heterocycles. The standard InChI is InChI=1S/C18H28O2/c1-3-13-20-18-10-5-4-8-16(18)12-11-15-7-6-9-17(14-15)19-2/h3,6-7,14,16-18H,1,4-5,8-13H2,2H3. The van der Waals surface area contributed by atoms with Gasteiger partial charge in [0.1, 0.15) is 0 Å². The second-order valence-corrected chi connectivity index (χ2v) is 5.90. The Kier molecular flexibility index (Phi) is 6.55. The van der Waals surface area contributed by atoms with Crippen LogP contribution in [0.15, 0.2) is 36.5 Å². The van der Waals surface area contributed by atoms with Gasteiger partial charge in [-0.15, -0.1) is 6.58 Å². The molecule has 0 radical (unpaired) electrons. The van der Waals surface area contributed by atoms with E-state index in [9.17, 15) is 0 Å². The number of allylic oxidation sites excluding steroid dienone is 2. The number of hydrogen-bond acceptors (Lipinski definition) is 2. The largest absolute Gasteiger partial charge is 0.377 e. The predicted molar refractivity (Wildman–Crippen MR) is 83.8 cm³/mol. The number of hydrogen-bond donors (Lipinski definition) is 0. The van der Waals surface area contributed by atoms with Crippen LogP contribution >= 0.6 is 0 Å². The normalized spacial score (nSPS) is 30.1. The van der Waals surface area contributed by atoms with Crippen molar-refractivity contribution in [3.8, 4) is 0 Å². The van der Waals surface area contributed by atoms with Crippen molar-refractivity contribution >= 4 is 0 Å². The Morgan fingerprint density at radius 3 is 3.00 bits per heavy atom. The summed E-state index contributed by atoms with van der Waals surface area (Å²) in [5.74, 6) is 0.709. The fourth-order valence-electron chi connectivity index (χ4n) is 3.31. The average molecular weight is 276 g/mol. The van der Waals surface area contributed by atoms with Gasteiger partial charge in [-0.05, 0) is 43.6 Å². The summed E-state index contributed by atoms with van der Waals surface area (Å²) in [7, 11) is 1.79. The van der Waals surface area contributed by atoms with Gasteiger partial charge in [0.15, 0.2) is 0 Å². The van der Waals surface area contributed by atoms with Crippen LogP contribution in [0, 0.1) is 5.92 Å². The van der Waals surface area contributed by atoms with Crippen molar-refractivity contribution in [2.24, 2.45) is 5.92 Å². The van der Waals surface area contributed by atoms with Crippen molar-refractivity contribution in [1.29, 1.82) is 0 Å². The molecule has 2 heteroatoms. The molecule has 3 atom stereocenters. The van der Waals surface area contributed by atoms with Gasteiger partial charge in [0.25, 0.3) is 0 Å². The van der Waals surface area contributed by atoms with E-state index in [1.54, 1.807) is 7.11 Å². The van der Waals surface area contributed by atoms with E-state index in [1.807, 2.05) is 6.08 Å². The molecule has 0 heterocycles. The molecule has 2 aliphatic rings. The Morgan fingerprint density at radius 2 is 2.20 bits per heavy atom. The molecule has 0 bridgehead atoms. The van der Waals surface area contributed by atoms with Gasteiger partial charge in [-0.3, -0.25) is 0 Å². The summed E-state index contributed by atoms with van der Waals surface area (Å²) in [6.45, 7) is 4.44. The highest BCUT2D eigenvalue weighted by Gasteiger charge is 2.25. The second kappa shape index (κ2) is 8.43. The molecule has 112 valence electrons. The molecule has 1 saturated carbocycles. The van der Waals surface area contributed by atoms with E-state index in [-0.39, 0.29) is 6.10 Å². The molecule has 0 aliphatic heterocycles. The van der Waals surface area contributed by atoms with Crippen molar-refractivity contribution < 1.29 is 9.47 Å². The Labute approximate surface area is 123 Å². The van der Waals surface area contributed by atoms with Gasteiger partial charge in [-0.25, -0.2) is 0 Å². The molecule has 2 aliphatic carbocycles. The number of ether oxygens (including phenoxy) is 2. The lowest BCUT2D eigenvalue weighted by atomic mass is 9.82. The van der Waals surface area contributed by atoms with E-state index >= 15 is 0 Å². The lowest BCUT2D eigenvalue weighted by Gasteiger charge is -2.31. The summed E-state index contributed by atoms with van der Waals surface area (Å²) in [5.41, 5.74) is 1.43. The van der Waals surface area contributed by atoms with Crippen LogP contribution in [-0.4, -0.2) is 25.9 Å². The third-order valence-corrected chi connectivity index (χ3v) is 4.47. The van der Waals surface area contributed by atoms with Crippen LogP contribution in [0.5, 0.6) is 0 Å². The van der Waals surface area contributed by atoms with Crippen LogP contribution < -0.4 is 0 Å². The summed E-state index contributed by atoms with van der Waals surface area (Å²) in [5, 5.41) is 0. The molecular formula is C18H28O2. The van der Waals surface area contributed by atoms with Gasteiger partial charge in [0, 0.05) is 7.11 Å². The molecule has 0 N–H and O–H groups in total. The lowest BCUT2D eigenvalue weighted by Crippen LogP contribution is -2.28. The first-order valence-electron chi connectivity index (χ1n) is 7.96. The van der Waals surface area contributed by atoms with Crippen molar-refractivity contribution in [2.75, 3.05) is 13.7 Å². The maximum Gasteiger partial charge on any atom is 0.0792 e. The van der Waals surface area contributed by atoms with Crippen LogP contribution in [0.2, 0.25) is 0 Å². The topological polar surface area (TPSA) is 18.5 Å². The average Bonchev–Trinajstić information content (AvgIpc) is 2.52. The SMILES string of the molecule is C=CCOC1CCCCC1CCC1=CC(OC)CC=C1. The molecule has 0 aromatic carbocycles. The first kappa shape index (κ1) is 15.5. The Balaban J connectivity index is 1.83. The summed E-state index contributed by atoms with van der Waals surface area (Å²) >= 11 is 0. The minimum atomic E-state index is 0.272. The minimum Gasteiger partial charge on any atom is -0.377 e. The maximum absolute atomic E-state index is 5.95. The summed E-state index contributed by atoms with van der Waals surface area (Å²) < 4.78 is 11.4. The first-order valence-corrected chi connectivity index (χ1v) is 7.96. The van der Waals surface area contributed by atoms with Crippen molar-refractivity contribution in [3.63, 3.8) is 0 Å². The van der Waals surface area contributed by atoms with E-state index in [0.29, 0.717) is 18.6 Å².